The van der Waals surface area contributed by atoms with Crippen molar-refractivity contribution in [1.82, 2.24) is 9.97 Å². The van der Waals surface area contributed by atoms with Gasteiger partial charge in [0.15, 0.2) is 0 Å². The normalized spacial score (nSPS) is 10.9. The predicted octanol–water partition coefficient (Wildman–Crippen LogP) is 4.25. The highest BCUT2D eigenvalue weighted by molar-refractivity contribution is 5.70. The van der Waals surface area contributed by atoms with Gasteiger partial charge in [0.2, 0.25) is 0 Å². The Morgan fingerprint density at radius 3 is 2.21 bits per heavy atom. The summed E-state index contributed by atoms with van der Waals surface area (Å²) < 4.78 is 0. The molecule has 0 saturated carbocycles. The van der Waals surface area contributed by atoms with E-state index < -0.39 is 0 Å². The molecular formula is C17H14N2. The van der Waals surface area contributed by atoms with Crippen LogP contribution in [0.15, 0.2) is 67.0 Å². The first-order valence-electron chi connectivity index (χ1n) is 6.25. The first-order chi connectivity index (χ1) is 9.42. The standard InChI is InChI=1S/C17H14N2/c1-2-4-15(5-3-1)16-9-6-14(7-10-16)8-11-17-18-12-13-19-17/h1-13H,(H,18,19)/b11-8+. The highest BCUT2D eigenvalue weighted by atomic mass is 14.9. The van der Waals surface area contributed by atoms with E-state index in [0.717, 1.165) is 11.4 Å². The molecule has 0 radical (unpaired) electrons. The number of rotatable bonds is 3. The molecule has 1 heterocycles. The lowest BCUT2D eigenvalue weighted by Crippen LogP contribution is -1.78. The maximum absolute atomic E-state index is 4.15. The highest BCUT2D eigenvalue weighted by Crippen LogP contribution is 2.19. The molecule has 0 spiro atoms. The summed E-state index contributed by atoms with van der Waals surface area (Å²) >= 11 is 0. The van der Waals surface area contributed by atoms with Gasteiger partial charge in [0.1, 0.15) is 5.82 Å². The number of nitrogens with zero attached hydrogens (tertiary/aromatic N) is 1. The molecule has 2 heteroatoms. The van der Waals surface area contributed by atoms with Crippen molar-refractivity contribution in [2.75, 3.05) is 0 Å². The molecule has 0 aliphatic heterocycles. The van der Waals surface area contributed by atoms with Gasteiger partial charge in [0.25, 0.3) is 0 Å². The van der Waals surface area contributed by atoms with Gasteiger partial charge >= 0.3 is 0 Å². The van der Waals surface area contributed by atoms with E-state index in [1.165, 1.54) is 11.1 Å². The minimum absolute atomic E-state index is 0.868. The zero-order chi connectivity index (χ0) is 12.9. The van der Waals surface area contributed by atoms with Crippen molar-refractivity contribution in [3.05, 3.63) is 78.4 Å². The van der Waals surface area contributed by atoms with E-state index in [0.29, 0.717) is 0 Å². The molecule has 0 amide bonds. The number of H-pyrrole nitrogens is 1. The summed E-state index contributed by atoms with van der Waals surface area (Å²) in [5.41, 5.74) is 3.64. The molecule has 1 N–H and O–H groups in total. The minimum atomic E-state index is 0.868. The number of imidazole rings is 1. The van der Waals surface area contributed by atoms with Crippen molar-refractivity contribution in [2.45, 2.75) is 0 Å². The van der Waals surface area contributed by atoms with Crippen LogP contribution < -0.4 is 0 Å². The van der Waals surface area contributed by atoms with E-state index >= 15 is 0 Å². The lowest BCUT2D eigenvalue weighted by atomic mass is 10.0. The molecule has 0 aliphatic rings. The van der Waals surface area contributed by atoms with E-state index in [4.69, 9.17) is 0 Å². The molecule has 92 valence electrons. The van der Waals surface area contributed by atoms with Crippen LogP contribution in [-0.2, 0) is 0 Å². The largest absolute Gasteiger partial charge is 0.345 e. The maximum Gasteiger partial charge on any atom is 0.129 e. The fourth-order valence-electron chi connectivity index (χ4n) is 1.96. The van der Waals surface area contributed by atoms with Gasteiger partial charge in [-0.05, 0) is 22.8 Å². The number of benzene rings is 2. The molecular weight excluding hydrogens is 232 g/mol. The molecule has 0 saturated heterocycles. The van der Waals surface area contributed by atoms with Gasteiger partial charge in [-0.3, -0.25) is 0 Å². The third kappa shape index (κ3) is 2.80. The summed E-state index contributed by atoms with van der Waals surface area (Å²) in [6.45, 7) is 0. The fourth-order valence-corrected chi connectivity index (χ4v) is 1.96. The number of hydrogen-bond acceptors (Lipinski definition) is 1. The molecule has 3 aromatic rings. The van der Waals surface area contributed by atoms with Crippen molar-refractivity contribution in [3.8, 4) is 11.1 Å². The summed E-state index contributed by atoms with van der Waals surface area (Å²) in [5.74, 6) is 0.868. The van der Waals surface area contributed by atoms with Crippen molar-refractivity contribution < 1.29 is 0 Å². The van der Waals surface area contributed by atoms with Crippen LogP contribution in [0.25, 0.3) is 23.3 Å². The quantitative estimate of drug-likeness (QED) is 0.735. The van der Waals surface area contributed by atoms with Crippen LogP contribution in [-0.4, -0.2) is 9.97 Å². The van der Waals surface area contributed by atoms with Gasteiger partial charge in [-0.2, -0.15) is 0 Å². The van der Waals surface area contributed by atoms with Gasteiger partial charge in [0, 0.05) is 12.4 Å². The lowest BCUT2D eigenvalue weighted by molar-refractivity contribution is 1.27. The van der Waals surface area contributed by atoms with Crippen LogP contribution in [0.2, 0.25) is 0 Å². The van der Waals surface area contributed by atoms with Gasteiger partial charge < -0.3 is 4.98 Å². The summed E-state index contributed by atoms with van der Waals surface area (Å²) in [4.78, 5) is 7.20. The number of aromatic amines is 1. The second-order valence-electron chi connectivity index (χ2n) is 4.30. The highest BCUT2D eigenvalue weighted by Gasteiger charge is 1.95. The number of nitrogens with one attached hydrogen (secondary N) is 1. The summed E-state index contributed by atoms with van der Waals surface area (Å²) in [5, 5.41) is 0. The minimum Gasteiger partial charge on any atom is -0.345 e. The monoisotopic (exact) mass is 246 g/mol. The molecule has 1 aromatic heterocycles. The summed E-state index contributed by atoms with van der Waals surface area (Å²) in [7, 11) is 0. The van der Waals surface area contributed by atoms with Crippen LogP contribution in [0.1, 0.15) is 11.4 Å². The van der Waals surface area contributed by atoms with Crippen LogP contribution >= 0.6 is 0 Å². The second-order valence-corrected chi connectivity index (χ2v) is 4.30. The van der Waals surface area contributed by atoms with Gasteiger partial charge in [0.05, 0.1) is 0 Å². The Morgan fingerprint density at radius 1 is 0.789 bits per heavy atom. The molecule has 0 atom stereocenters. The van der Waals surface area contributed by atoms with Crippen molar-refractivity contribution in [3.63, 3.8) is 0 Å². The zero-order valence-corrected chi connectivity index (χ0v) is 10.5. The zero-order valence-electron chi connectivity index (χ0n) is 10.5. The molecule has 0 unspecified atom stereocenters. The van der Waals surface area contributed by atoms with E-state index in [1.807, 2.05) is 24.4 Å². The first kappa shape index (κ1) is 11.5. The van der Waals surface area contributed by atoms with Crippen molar-refractivity contribution in [1.29, 1.82) is 0 Å². The summed E-state index contributed by atoms with van der Waals surface area (Å²) in [6.07, 6.45) is 7.58. The second kappa shape index (κ2) is 5.36. The van der Waals surface area contributed by atoms with Crippen LogP contribution in [0.3, 0.4) is 0 Å². The third-order valence-electron chi connectivity index (χ3n) is 2.97. The average molecular weight is 246 g/mol. The van der Waals surface area contributed by atoms with Crippen LogP contribution in [0.4, 0.5) is 0 Å². The predicted molar refractivity (Wildman–Crippen MR) is 79.4 cm³/mol. The first-order valence-corrected chi connectivity index (χ1v) is 6.25. The molecule has 0 bridgehead atoms. The van der Waals surface area contributed by atoms with E-state index in [-0.39, 0.29) is 0 Å². The fraction of sp³-hybridized carbons (Fsp3) is 0. The van der Waals surface area contributed by atoms with E-state index in [1.54, 1.807) is 6.20 Å². The van der Waals surface area contributed by atoms with Crippen LogP contribution in [0.5, 0.6) is 0 Å². The van der Waals surface area contributed by atoms with Gasteiger partial charge in [-0.15, -0.1) is 0 Å². The van der Waals surface area contributed by atoms with E-state index in [9.17, 15) is 0 Å². The number of hydrogen-bond donors (Lipinski definition) is 1. The Bertz CT molecular complexity index is 650. The average Bonchev–Trinajstić information content (AvgIpc) is 3.00. The topological polar surface area (TPSA) is 28.7 Å². The SMILES string of the molecule is C(=C\c1ncc[nH]1)/c1ccc(-c2ccccc2)cc1. The van der Waals surface area contributed by atoms with Gasteiger partial charge in [-0.25, -0.2) is 4.98 Å². The molecule has 2 aromatic carbocycles. The Morgan fingerprint density at radius 2 is 1.53 bits per heavy atom. The Balaban J connectivity index is 1.80. The van der Waals surface area contributed by atoms with E-state index in [2.05, 4.69) is 58.5 Å². The molecule has 19 heavy (non-hydrogen) atoms. The molecule has 0 aliphatic carbocycles. The third-order valence-corrected chi connectivity index (χ3v) is 2.97. The molecule has 3 rings (SSSR count). The smallest absolute Gasteiger partial charge is 0.129 e. The van der Waals surface area contributed by atoms with Crippen molar-refractivity contribution in [2.24, 2.45) is 0 Å². The maximum atomic E-state index is 4.15. The Hall–Kier alpha value is -2.61. The number of aromatic nitrogens is 2. The van der Waals surface area contributed by atoms with Crippen molar-refractivity contribution >= 4 is 12.2 Å². The van der Waals surface area contributed by atoms with Crippen LogP contribution in [0, 0.1) is 0 Å². The lowest BCUT2D eigenvalue weighted by Gasteiger charge is -2.01. The Kier molecular flexibility index (Phi) is 3.24. The summed E-state index contributed by atoms with van der Waals surface area (Å²) in [6, 6.07) is 18.9. The molecule has 0 fully saturated rings. The molecule has 2 nitrogen and oxygen atoms in total. The van der Waals surface area contributed by atoms with Gasteiger partial charge in [-0.1, -0.05) is 60.7 Å². The Labute approximate surface area is 112 Å².